The molecule has 1 saturated heterocycles. The number of aromatic nitrogens is 2. The first-order valence-corrected chi connectivity index (χ1v) is 7.24. The number of hydrogen-bond acceptors (Lipinski definition) is 5. The second-order valence-electron chi connectivity index (χ2n) is 6.43. The summed E-state index contributed by atoms with van der Waals surface area (Å²) in [7, 11) is 0. The molecule has 0 radical (unpaired) electrons. The van der Waals surface area contributed by atoms with Gasteiger partial charge >= 0.3 is 6.09 Å². The summed E-state index contributed by atoms with van der Waals surface area (Å²) < 4.78 is 5.32. The zero-order chi connectivity index (χ0) is 15.7. The van der Waals surface area contributed by atoms with Crippen LogP contribution < -0.4 is 0 Å². The predicted molar refractivity (Wildman–Crippen MR) is 77.5 cm³/mol. The van der Waals surface area contributed by atoms with Crippen LogP contribution in [0.5, 0.6) is 0 Å². The van der Waals surface area contributed by atoms with Crippen molar-refractivity contribution in [1.82, 2.24) is 14.9 Å². The lowest BCUT2D eigenvalue weighted by molar-refractivity contribution is -0.0995. The van der Waals surface area contributed by atoms with E-state index in [-0.39, 0.29) is 12.0 Å². The topological polar surface area (TPSA) is 75.6 Å². The second-order valence-corrected chi connectivity index (χ2v) is 6.43. The van der Waals surface area contributed by atoms with Gasteiger partial charge in [-0.2, -0.15) is 0 Å². The van der Waals surface area contributed by atoms with E-state index in [2.05, 4.69) is 9.97 Å². The van der Waals surface area contributed by atoms with Crippen LogP contribution in [-0.4, -0.2) is 44.8 Å². The number of ether oxygens (including phenoxy) is 1. The van der Waals surface area contributed by atoms with Crippen molar-refractivity contribution in [3.05, 3.63) is 24.3 Å². The maximum atomic E-state index is 11.9. The number of hydrogen-bond donors (Lipinski definition) is 1. The lowest BCUT2D eigenvalue weighted by Gasteiger charge is -2.46. The molecule has 1 aliphatic rings. The van der Waals surface area contributed by atoms with E-state index >= 15 is 0 Å². The molecule has 1 N–H and O–H groups in total. The largest absolute Gasteiger partial charge is 0.444 e. The van der Waals surface area contributed by atoms with E-state index in [9.17, 15) is 9.90 Å². The number of carbonyl (C=O) groups is 1. The molecule has 1 unspecified atom stereocenters. The maximum absolute atomic E-state index is 11.9. The minimum absolute atomic E-state index is 0.0718. The van der Waals surface area contributed by atoms with E-state index in [4.69, 9.17) is 4.74 Å². The SMILES string of the molecule is CCC(O)(c1ncccn1)C1CN(C(=O)OC(C)(C)C)C1. The standard InChI is InChI=1S/C15H23N3O3/c1-5-15(20,12-16-7-6-8-17-12)11-9-18(10-11)13(19)21-14(2,3)4/h6-8,11,20H,5,9-10H2,1-4H3. The fourth-order valence-electron chi connectivity index (χ4n) is 2.41. The summed E-state index contributed by atoms with van der Waals surface area (Å²) in [5.74, 6) is 0.346. The van der Waals surface area contributed by atoms with Gasteiger partial charge in [0.25, 0.3) is 0 Å². The molecule has 0 saturated carbocycles. The number of amides is 1. The zero-order valence-electron chi connectivity index (χ0n) is 13.0. The molecule has 1 fully saturated rings. The summed E-state index contributed by atoms with van der Waals surface area (Å²) in [5.41, 5.74) is -1.61. The van der Waals surface area contributed by atoms with Crippen LogP contribution in [0, 0.1) is 5.92 Å². The van der Waals surface area contributed by atoms with Gasteiger partial charge in [-0.05, 0) is 33.3 Å². The van der Waals surface area contributed by atoms with Crippen molar-refractivity contribution in [2.75, 3.05) is 13.1 Å². The lowest BCUT2D eigenvalue weighted by Crippen LogP contribution is -2.59. The highest BCUT2D eigenvalue weighted by Crippen LogP contribution is 2.37. The lowest BCUT2D eigenvalue weighted by atomic mass is 9.79. The molecule has 1 aliphatic heterocycles. The minimum atomic E-state index is -1.10. The molecular weight excluding hydrogens is 270 g/mol. The third-order valence-corrected chi connectivity index (χ3v) is 3.70. The summed E-state index contributed by atoms with van der Waals surface area (Å²) in [6.07, 6.45) is 3.40. The van der Waals surface area contributed by atoms with Gasteiger partial charge in [0.2, 0.25) is 0 Å². The number of likely N-dealkylation sites (tertiary alicyclic amines) is 1. The molecule has 0 spiro atoms. The van der Waals surface area contributed by atoms with Gasteiger partial charge in [-0.25, -0.2) is 14.8 Å². The van der Waals surface area contributed by atoms with Crippen molar-refractivity contribution in [2.24, 2.45) is 5.92 Å². The summed E-state index contributed by atoms with van der Waals surface area (Å²) in [5, 5.41) is 10.8. The Bertz CT molecular complexity index is 495. The Labute approximate surface area is 125 Å². The van der Waals surface area contributed by atoms with E-state index in [1.54, 1.807) is 23.4 Å². The number of nitrogens with zero attached hydrogens (tertiary/aromatic N) is 3. The second kappa shape index (κ2) is 5.60. The maximum Gasteiger partial charge on any atom is 0.410 e. The van der Waals surface area contributed by atoms with E-state index in [0.717, 1.165) is 0 Å². The molecule has 1 atom stereocenters. The van der Waals surface area contributed by atoms with Gasteiger partial charge in [-0.1, -0.05) is 6.92 Å². The molecule has 0 aromatic carbocycles. The molecule has 2 rings (SSSR count). The number of rotatable bonds is 3. The van der Waals surface area contributed by atoms with Gasteiger partial charge in [0, 0.05) is 31.4 Å². The van der Waals surface area contributed by atoms with Crippen LogP contribution in [0.4, 0.5) is 4.79 Å². The summed E-state index contributed by atoms with van der Waals surface area (Å²) >= 11 is 0. The molecule has 1 amide bonds. The van der Waals surface area contributed by atoms with E-state index in [1.165, 1.54) is 0 Å². The Morgan fingerprint density at radius 3 is 2.43 bits per heavy atom. The molecule has 6 nitrogen and oxygen atoms in total. The van der Waals surface area contributed by atoms with E-state index in [0.29, 0.717) is 25.3 Å². The van der Waals surface area contributed by atoms with Crippen LogP contribution >= 0.6 is 0 Å². The minimum Gasteiger partial charge on any atom is -0.444 e. The number of carbonyl (C=O) groups excluding carboxylic acids is 1. The number of aliphatic hydroxyl groups is 1. The average Bonchev–Trinajstić information content (AvgIpc) is 2.35. The molecule has 1 aromatic rings. The normalized spacial score (nSPS) is 18.8. The van der Waals surface area contributed by atoms with Crippen molar-refractivity contribution in [3.8, 4) is 0 Å². The Morgan fingerprint density at radius 2 is 1.95 bits per heavy atom. The monoisotopic (exact) mass is 293 g/mol. The van der Waals surface area contributed by atoms with Crippen LogP contribution in [0.15, 0.2) is 18.5 Å². The first-order chi connectivity index (χ1) is 9.76. The highest BCUT2D eigenvalue weighted by atomic mass is 16.6. The fraction of sp³-hybridized carbons (Fsp3) is 0.667. The molecule has 21 heavy (non-hydrogen) atoms. The van der Waals surface area contributed by atoms with Gasteiger partial charge in [0.1, 0.15) is 11.2 Å². The molecular formula is C15H23N3O3. The fourth-order valence-corrected chi connectivity index (χ4v) is 2.41. The van der Waals surface area contributed by atoms with Crippen LogP contribution in [0.1, 0.15) is 39.9 Å². The van der Waals surface area contributed by atoms with Gasteiger partial charge < -0.3 is 14.7 Å². The molecule has 2 heterocycles. The summed E-state index contributed by atoms with van der Waals surface area (Å²) in [6, 6.07) is 1.72. The summed E-state index contributed by atoms with van der Waals surface area (Å²) in [4.78, 5) is 21.8. The van der Waals surface area contributed by atoms with Crippen LogP contribution in [0.2, 0.25) is 0 Å². The van der Waals surface area contributed by atoms with Gasteiger partial charge in [-0.3, -0.25) is 0 Å². The third kappa shape index (κ3) is 3.32. The van der Waals surface area contributed by atoms with Crippen molar-refractivity contribution >= 4 is 6.09 Å². The molecule has 6 heteroatoms. The predicted octanol–water partition coefficient (Wildman–Crippen LogP) is 1.94. The Balaban J connectivity index is 2.01. The first-order valence-electron chi connectivity index (χ1n) is 7.24. The Kier molecular flexibility index (Phi) is 4.18. The van der Waals surface area contributed by atoms with Crippen LogP contribution in [-0.2, 0) is 10.3 Å². The molecule has 0 aliphatic carbocycles. The Morgan fingerprint density at radius 1 is 1.38 bits per heavy atom. The van der Waals surface area contributed by atoms with Crippen molar-refractivity contribution in [3.63, 3.8) is 0 Å². The van der Waals surface area contributed by atoms with Crippen molar-refractivity contribution in [1.29, 1.82) is 0 Å². The van der Waals surface area contributed by atoms with Crippen LogP contribution in [0.3, 0.4) is 0 Å². The quantitative estimate of drug-likeness (QED) is 0.921. The van der Waals surface area contributed by atoms with Crippen molar-refractivity contribution in [2.45, 2.75) is 45.3 Å². The molecule has 1 aromatic heterocycles. The van der Waals surface area contributed by atoms with Gasteiger partial charge in [-0.15, -0.1) is 0 Å². The van der Waals surface area contributed by atoms with Crippen LogP contribution in [0.25, 0.3) is 0 Å². The highest BCUT2D eigenvalue weighted by molar-refractivity contribution is 5.69. The first kappa shape index (κ1) is 15.7. The van der Waals surface area contributed by atoms with Gasteiger partial charge in [0.15, 0.2) is 5.82 Å². The average molecular weight is 293 g/mol. The zero-order valence-corrected chi connectivity index (χ0v) is 13.0. The molecule has 0 bridgehead atoms. The summed E-state index contributed by atoms with van der Waals surface area (Å²) in [6.45, 7) is 8.31. The molecule has 116 valence electrons. The highest BCUT2D eigenvalue weighted by Gasteiger charge is 2.48. The van der Waals surface area contributed by atoms with Gasteiger partial charge in [0.05, 0.1) is 0 Å². The van der Waals surface area contributed by atoms with E-state index in [1.807, 2.05) is 27.7 Å². The van der Waals surface area contributed by atoms with Crippen molar-refractivity contribution < 1.29 is 14.6 Å². The Hall–Kier alpha value is -1.69. The van der Waals surface area contributed by atoms with E-state index < -0.39 is 11.2 Å². The third-order valence-electron chi connectivity index (χ3n) is 3.70. The smallest absolute Gasteiger partial charge is 0.410 e.